The fourth-order valence-corrected chi connectivity index (χ4v) is 0.959. The molecule has 0 amide bonds. The third kappa shape index (κ3) is 1.40. The largest absolute Gasteiger partial charge is 0.204 e. The Morgan fingerprint density at radius 3 is 2.31 bits per heavy atom. The standard InChI is InChI=1S/C8H5F2N3/c9-7-2-1-6(5-8(7)10)13-11-3-4-12-13/h1-5H. The highest BCUT2D eigenvalue weighted by Crippen LogP contribution is 2.10. The number of nitrogens with zero attached hydrogens (tertiary/aromatic N) is 3. The van der Waals surface area contributed by atoms with Gasteiger partial charge in [-0.2, -0.15) is 15.0 Å². The van der Waals surface area contributed by atoms with Crippen LogP contribution in [0.4, 0.5) is 8.78 Å². The summed E-state index contributed by atoms with van der Waals surface area (Å²) in [6.07, 6.45) is 2.92. The first kappa shape index (κ1) is 7.85. The molecule has 0 fully saturated rings. The van der Waals surface area contributed by atoms with Crippen molar-refractivity contribution in [2.75, 3.05) is 0 Å². The average Bonchev–Trinajstić information content (AvgIpc) is 2.62. The molecular weight excluding hydrogens is 176 g/mol. The van der Waals surface area contributed by atoms with Crippen LogP contribution < -0.4 is 0 Å². The third-order valence-electron chi connectivity index (χ3n) is 1.55. The monoisotopic (exact) mass is 181 g/mol. The molecule has 1 aromatic heterocycles. The summed E-state index contributed by atoms with van der Waals surface area (Å²) in [5.41, 5.74) is 0.393. The first-order valence-electron chi connectivity index (χ1n) is 3.59. The summed E-state index contributed by atoms with van der Waals surface area (Å²) in [7, 11) is 0. The molecule has 0 saturated carbocycles. The molecule has 0 saturated heterocycles. The van der Waals surface area contributed by atoms with Gasteiger partial charge in [0.1, 0.15) is 0 Å². The highest BCUT2D eigenvalue weighted by molar-refractivity contribution is 5.29. The highest BCUT2D eigenvalue weighted by Gasteiger charge is 2.03. The molecule has 0 aliphatic carbocycles. The molecule has 1 aromatic carbocycles. The molecule has 0 aliphatic rings. The lowest BCUT2D eigenvalue weighted by Crippen LogP contribution is -1.99. The Bertz CT molecular complexity index is 411. The molecule has 0 N–H and O–H groups in total. The molecule has 1 heterocycles. The van der Waals surface area contributed by atoms with Crippen LogP contribution in [-0.2, 0) is 0 Å². The van der Waals surface area contributed by atoms with E-state index in [-0.39, 0.29) is 0 Å². The molecule has 0 radical (unpaired) electrons. The Hall–Kier alpha value is -1.78. The van der Waals surface area contributed by atoms with Crippen LogP contribution in [0.5, 0.6) is 0 Å². The van der Waals surface area contributed by atoms with Crippen molar-refractivity contribution in [3.63, 3.8) is 0 Å². The van der Waals surface area contributed by atoms with Crippen LogP contribution in [-0.4, -0.2) is 15.0 Å². The number of halogens is 2. The summed E-state index contributed by atoms with van der Waals surface area (Å²) in [5.74, 6) is -1.79. The molecule has 0 bridgehead atoms. The normalized spacial score (nSPS) is 10.3. The predicted molar refractivity (Wildman–Crippen MR) is 41.3 cm³/mol. The van der Waals surface area contributed by atoms with E-state index in [1.165, 1.54) is 23.3 Å². The number of rotatable bonds is 1. The quantitative estimate of drug-likeness (QED) is 0.668. The lowest BCUT2D eigenvalue weighted by atomic mass is 10.3. The number of hydrogen-bond donors (Lipinski definition) is 0. The van der Waals surface area contributed by atoms with Gasteiger partial charge in [-0.05, 0) is 12.1 Å². The van der Waals surface area contributed by atoms with Crippen LogP contribution in [0.3, 0.4) is 0 Å². The Morgan fingerprint density at radius 2 is 1.69 bits per heavy atom. The van der Waals surface area contributed by atoms with Gasteiger partial charge in [0.2, 0.25) is 0 Å². The van der Waals surface area contributed by atoms with E-state index in [9.17, 15) is 8.78 Å². The number of benzene rings is 1. The fourth-order valence-electron chi connectivity index (χ4n) is 0.959. The van der Waals surface area contributed by atoms with E-state index in [2.05, 4.69) is 10.2 Å². The van der Waals surface area contributed by atoms with Gasteiger partial charge in [-0.3, -0.25) is 0 Å². The second-order valence-corrected chi connectivity index (χ2v) is 2.42. The molecule has 2 rings (SSSR count). The molecule has 0 unspecified atom stereocenters. The molecular formula is C8H5F2N3. The van der Waals surface area contributed by atoms with Crippen LogP contribution in [0, 0.1) is 11.6 Å². The Labute approximate surface area is 72.6 Å². The minimum atomic E-state index is -0.908. The van der Waals surface area contributed by atoms with E-state index in [1.54, 1.807) is 0 Å². The van der Waals surface area contributed by atoms with Crippen molar-refractivity contribution in [1.82, 2.24) is 15.0 Å². The van der Waals surface area contributed by atoms with Gasteiger partial charge in [0.15, 0.2) is 11.6 Å². The van der Waals surface area contributed by atoms with Crippen LogP contribution in [0.1, 0.15) is 0 Å². The molecule has 0 spiro atoms. The number of aromatic nitrogens is 3. The molecule has 2 aromatic rings. The molecule has 13 heavy (non-hydrogen) atoms. The Morgan fingerprint density at radius 1 is 1.00 bits per heavy atom. The van der Waals surface area contributed by atoms with E-state index < -0.39 is 11.6 Å². The minimum Gasteiger partial charge on any atom is -0.204 e. The SMILES string of the molecule is Fc1ccc(-n2nccn2)cc1F. The van der Waals surface area contributed by atoms with Gasteiger partial charge >= 0.3 is 0 Å². The molecule has 0 atom stereocenters. The minimum absolute atomic E-state index is 0.393. The van der Waals surface area contributed by atoms with Crippen LogP contribution >= 0.6 is 0 Å². The van der Waals surface area contributed by atoms with Gasteiger partial charge in [-0.25, -0.2) is 8.78 Å². The van der Waals surface area contributed by atoms with Crippen LogP contribution in [0.2, 0.25) is 0 Å². The second-order valence-electron chi connectivity index (χ2n) is 2.42. The van der Waals surface area contributed by atoms with Crippen molar-refractivity contribution in [3.8, 4) is 5.69 Å². The van der Waals surface area contributed by atoms with Crippen molar-refractivity contribution in [3.05, 3.63) is 42.2 Å². The summed E-state index contributed by atoms with van der Waals surface area (Å²) in [5, 5.41) is 7.55. The first-order chi connectivity index (χ1) is 6.27. The summed E-state index contributed by atoms with van der Waals surface area (Å²) >= 11 is 0. The predicted octanol–water partition coefficient (Wildman–Crippen LogP) is 1.55. The van der Waals surface area contributed by atoms with Crippen molar-refractivity contribution in [1.29, 1.82) is 0 Å². The van der Waals surface area contributed by atoms with E-state index in [4.69, 9.17) is 0 Å². The molecule has 66 valence electrons. The van der Waals surface area contributed by atoms with Gasteiger partial charge in [-0.15, -0.1) is 0 Å². The zero-order valence-electron chi connectivity index (χ0n) is 6.48. The lowest BCUT2D eigenvalue weighted by Gasteiger charge is -1.98. The van der Waals surface area contributed by atoms with Crippen LogP contribution in [0.25, 0.3) is 5.69 Å². The van der Waals surface area contributed by atoms with Gasteiger partial charge in [0.25, 0.3) is 0 Å². The molecule has 5 heteroatoms. The maximum Gasteiger partial charge on any atom is 0.161 e. The first-order valence-corrected chi connectivity index (χ1v) is 3.59. The van der Waals surface area contributed by atoms with Gasteiger partial charge in [0.05, 0.1) is 18.1 Å². The van der Waals surface area contributed by atoms with E-state index in [1.807, 2.05) is 0 Å². The van der Waals surface area contributed by atoms with Crippen molar-refractivity contribution >= 4 is 0 Å². The van der Waals surface area contributed by atoms with Crippen molar-refractivity contribution in [2.24, 2.45) is 0 Å². The zero-order valence-corrected chi connectivity index (χ0v) is 6.48. The highest BCUT2D eigenvalue weighted by atomic mass is 19.2. The smallest absolute Gasteiger partial charge is 0.161 e. The second kappa shape index (κ2) is 2.93. The summed E-state index contributed by atoms with van der Waals surface area (Å²) in [6.45, 7) is 0. The van der Waals surface area contributed by atoms with E-state index >= 15 is 0 Å². The van der Waals surface area contributed by atoms with Gasteiger partial charge < -0.3 is 0 Å². The Kier molecular flexibility index (Phi) is 1.77. The summed E-state index contributed by atoms with van der Waals surface area (Å²) in [4.78, 5) is 1.21. The topological polar surface area (TPSA) is 30.7 Å². The lowest BCUT2D eigenvalue weighted by molar-refractivity contribution is 0.506. The van der Waals surface area contributed by atoms with Gasteiger partial charge in [-0.1, -0.05) is 0 Å². The van der Waals surface area contributed by atoms with Gasteiger partial charge in [0, 0.05) is 6.07 Å². The van der Waals surface area contributed by atoms with Crippen molar-refractivity contribution in [2.45, 2.75) is 0 Å². The molecule has 0 aliphatic heterocycles. The number of hydrogen-bond acceptors (Lipinski definition) is 2. The Balaban J connectivity index is 2.49. The fraction of sp³-hybridized carbons (Fsp3) is 0. The molecule has 3 nitrogen and oxygen atoms in total. The van der Waals surface area contributed by atoms with Crippen LogP contribution in [0.15, 0.2) is 30.6 Å². The maximum atomic E-state index is 12.7. The summed E-state index contributed by atoms with van der Waals surface area (Å²) < 4.78 is 25.2. The van der Waals surface area contributed by atoms with Crippen molar-refractivity contribution < 1.29 is 8.78 Å². The average molecular weight is 181 g/mol. The zero-order chi connectivity index (χ0) is 9.26. The third-order valence-corrected chi connectivity index (χ3v) is 1.55. The maximum absolute atomic E-state index is 12.7. The summed E-state index contributed by atoms with van der Waals surface area (Å²) in [6, 6.07) is 3.47. The van der Waals surface area contributed by atoms with E-state index in [0.29, 0.717) is 5.69 Å². The van der Waals surface area contributed by atoms with E-state index in [0.717, 1.165) is 12.1 Å².